The van der Waals surface area contributed by atoms with Crippen molar-refractivity contribution in [1.82, 2.24) is 4.72 Å². The van der Waals surface area contributed by atoms with Gasteiger partial charge in [-0.2, -0.15) is 0 Å². The Morgan fingerprint density at radius 3 is 2.46 bits per heavy atom. The van der Waals surface area contributed by atoms with Gasteiger partial charge in [-0.3, -0.25) is 4.79 Å². The summed E-state index contributed by atoms with van der Waals surface area (Å²) in [5.74, 6) is -0.144. The number of benzene rings is 2. The highest BCUT2D eigenvalue weighted by atomic mass is 32.2. The van der Waals surface area contributed by atoms with Gasteiger partial charge in [0.2, 0.25) is 10.0 Å². The van der Waals surface area contributed by atoms with E-state index in [9.17, 15) is 13.2 Å². The molecule has 2 N–H and O–H groups in total. The molecule has 0 unspecified atom stereocenters. The molecule has 1 amide bonds. The first-order valence-corrected chi connectivity index (χ1v) is 9.24. The van der Waals surface area contributed by atoms with Crippen molar-refractivity contribution in [2.45, 2.75) is 25.7 Å². The molecule has 0 heterocycles. The third-order valence-electron chi connectivity index (χ3n) is 3.36. The molecule has 0 saturated carbocycles. The Balaban J connectivity index is 2.19. The highest BCUT2D eigenvalue weighted by Gasteiger charge is 2.16. The molecular weight excluding hydrogens is 324 g/mol. The molecule has 0 aromatic heterocycles. The van der Waals surface area contributed by atoms with Crippen molar-refractivity contribution in [1.29, 1.82) is 0 Å². The molecule has 0 saturated heterocycles. The van der Waals surface area contributed by atoms with Crippen LogP contribution in [0, 0.1) is 12.8 Å². The Hall–Kier alpha value is -2.18. The number of anilines is 1. The first kappa shape index (κ1) is 18.2. The summed E-state index contributed by atoms with van der Waals surface area (Å²) in [5.41, 5.74) is 2.00. The lowest BCUT2D eigenvalue weighted by molar-refractivity contribution is 0.102. The van der Waals surface area contributed by atoms with E-state index in [0.717, 1.165) is 5.56 Å². The maximum atomic E-state index is 12.3. The van der Waals surface area contributed by atoms with E-state index in [1.807, 2.05) is 39.0 Å². The quantitative estimate of drug-likeness (QED) is 0.843. The van der Waals surface area contributed by atoms with E-state index in [2.05, 4.69) is 10.0 Å². The second-order valence-corrected chi connectivity index (χ2v) is 7.86. The number of nitrogens with one attached hydrogen (secondary N) is 2. The normalized spacial score (nSPS) is 11.5. The van der Waals surface area contributed by atoms with Crippen LogP contribution in [-0.4, -0.2) is 20.9 Å². The van der Waals surface area contributed by atoms with E-state index in [1.54, 1.807) is 18.2 Å². The van der Waals surface area contributed by atoms with Crippen LogP contribution in [0.3, 0.4) is 0 Å². The number of amides is 1. The predicted molar refractivity (Wildman–Crippen MR) is 95.6 cm³/mol. The van der Waals surface area contributed by atoms with Crippen LogP contribution < -0.4 is 10.0 Å². The first-order valence-electron chi connectivity index (χ1n) is 7.75. The van der Waals surface area contributed by atoms with Crippen molar-refractivity contribution >= 4 is 21.6 Å². The van der Waals surface area contributed by atoms with Gasteiger partial charge in [0.1, 0.15) is 0 Å². The molecule has 24 heavy (non-hydrogen) atoms. The van der Waals surface area contributed by atoms with Gasteiger partial charge in [-0.1, -0.05) is 32.0 Å². The van der Waals surface area contributed by atoms with E-state index in [1.165, 1.54) is 12.1 Å². The second-order valence-electron chi connectivity index (χ2n) is 6.10. The summed E-state index contributed by atoms with van der Waals surface area (Å²) in [7, 11) is -3.62. The number of carbonyl (C=O) groups is 1. The minimum Gasteiger partial charge on any atom is -0.322 e. The van der Waals surface area contributed by atoms with E-state index >= 15 is 0 Å². The Labute approximate surface area is 143 Å². The lowest BCUT2D eigenvalue weighted by Gasteiger charge is -2.10. The zero-order chi connectivity index (χ0) is 17.7. The lowest BCUT2D eigenvalue weighted by Crippen LogP contribution is -2.27. The van der Waals surface area contributed by atoms with Crippen LogP contribution >= 0.6 is 0 Å². The molecule has 2 aromatic rings. The molecule has 0 atom stereocenters. The standard InChI is InChI=1S/C18H22N2O3S/c1-13(2)12-19-24(22,23)17-9-5-7-15(11-17)18(21)20-16-8-4-6-14(3)10-16/h4-11,13,19H,12H2,1-3H3,(H,20,21). The lowest BCUT2D eigenvalue weighted by atomic mass is 10.2. The van der Waals surface area contributed by atoms with Gasteiger partial charge in [0.25, 0.3) is 5.91 Å². The molecule has 0 spiro atoms. The number of hydrogen-bond acceptors (Lipinski definition) is 3. The average Bonchev–Trinajstić information content (AvgIpc) is 2.53. The molecule has 0 bridgehead atoms. The molecule has 0 fully saturated rings. The van der Waals surface area contributed by atoms with E-state index in [-0.39, 0.29) is 16.7 Å². The third kappa shape index (κ3) is 4.91. The van der Waals surface area contributed by atoms with Crippen LogP contribution in [-0.2, 0) is 10.0 Å². The molecule has 0 radical (unpaired) electrons. The molecule has 0 aliphatic heterocycles. The maximum Gasteiger partial charge on any atom is 0.255 e. The van der Waals surface area contributed by atoms with Gasteiger partial charge in [-0.25, -0.2) is 13.1 Å². The number of rotatable bonds is 6. The Kier molecular flexibility index (Phi) is 5.75. The summed E-state index contributed by atoms with van der Waals surface area (Å²) in [4.78, 5) is 12.4. The van der Waals surface area contributed by atoms with Crippen molar-refractivity contribution in [3.8, 4) is 0 Å². The van der Waals surface area contributed by atoms with Gasteiger partial charge in [0.15, 0.2) is 0 Å². The van der Waals surface area contributed by atoms with Crippen LogP contribution in [0.4, 0.5) is 5.69 Å². The molecule has 2 rings (SSSR count). The smallest absolute Gasteiger partial charge is 0.255 e. The second kappa shape index (κ2) is 7.59. The van der Waals surface area contributed by atoms with Gasteiger partial charge in [0, 0.05) is 17.8 Å². The molecule has 0 aliphatic carbocycles. The fourth-order valence-corrected chi connectivity index (χ4v) is 3.35. The Bertz CT molecular complexity index is 830. The zero-order valence-corrected chi connectivity index (χ0v) is 14.9. The minimum atomic E-state index is -3.62. The van der Waals surface area contributed by atoms with E-state index in [0.29, 0.717) is 17.8 Å². The van der Waals surface area contributed by atoms with Gasteiger partial charge >= 0.3 is 0 Å². The SMILES string of the molecule is Cc1cccc(NC(=O)c2cccc(S(=O)(=O)NCC(C)C)c2)c1. The van der Waals surface area contributed by atoms with Crippen LogP contribution in [0.1, 0.15) is 29.8 Å². The van der Waals surface area contributed by atoms with Gasteiger partial charge in [0.05, 0.1) is 4.90 Å². The van der Waals surface area contributed by atoms with E-state index < -0.39 is 10.0 Å². The maximum absolute atomic E-state index is 12.3. The number of carbonyl (C=O) groups excluding carboxylic acids is 1. The number of aryl methyl sites for hydroxylation is 1. The predicted octanol–water partition coefficient (Wildman–Crippen LogP) is 3.18. The van der Waals surface area contributed by atoms with Gasteiger partial charge in [-0.05, 0) is 48.7 Å². The third-order valence-corrected chi connectivity index (χ3v) is 4.79. The Morgan fingerprint density at radius 2 is 1.79 bits per heavy atom. The summed E-state index contributed by atoms with van der Waals surface area (Å²) in [6, 6.07) is 13.4. The largest absolute Gasteiger partial charge is 0.322 e. The first-order chi connectivity index (χ1) is 11.3. The van der Waals surface area contributed by atoms with Crippen LogP contribution in [0.15, 0.2) is 53.4 Å². The summed E-state index contributed by atoms with van der Waals surface area (Å²) in [6.07, 6.45) is 0. The van der Waals surface area contributed by atoms with Crippen LogP contribution in [0.5, 0.6) is 0 Å². The minimum absolute atomic E-state index is 0.0834. The summed E-state index contributed by atoms with van der Waals surface area (Å²) < 4.78 is 27.1. The van der Waals surface area contributed by atoms with Crippen molar-refractivity contribution in [3.05, 3.63) is 59.7 Å². The number of sulfonamides is 1. The summed E-state index contributed by atoms with van der Waals surface area (Å²) >= 11 is 0. The zero-order valence-electron chi connectivity index (χ0n) is 14.0. The molecule has 2 aromatic carbocycles. The van der Waals surface area contributed by atoms with E-state index in [4.69, 9.17) is 0 Å². The van der Waals surface area contributed by atoms with Crippen molar-refractivity contribution in [2.75, 3.05) is 11.9 Å². The van der Waals surface area contributed by atoms with Gasteiger partial charge in [-0.15, -0.1) is 0 Å². The fraction of sp³-hybridized carbons (Fsp3) is 0.278. The fourth-order valence-electron chi connectivity index (χ4n) is 2.09. The molecule has 128 valence electrons. The van der Waals surface area contributed by atoms with Crippen molar-refractivity contribution < 1.29 is 13.2 Å². The topological polar surface area (TPSA) is 75.3 Å². The van der Waals surface area contributed by atoms with Crippen molar-refractivity contribution in [2.24, 2.45) is 5.92 Å². The monoisotopic (exact) mass is 346 g/mol. The van der Waals surface area contributed by atoms with Crippen LogP contribution in [0.2, 0.25) is 0 Å². The van der Waals surface area contributed by atoms with Gasteiger partial charge < -0.3 is 5.32 Å². The number of hydrogen-bond donors (Lipinski definition) is 2. The molecule has 5 nitrogen and oxygen atoms in total. The Morgan fingerprint density at radius 1 is 1.08 bits per heavy atom. The highest BCUT2D eigenvalue weighted by molar-refractivity contribution is 7.89. The summed E-state index contributed by atoms with van der Waals surface area (Å²) in [6.45, 7) is 6.13. The molecule has 0 aliphatic rings. The summed E-state index contributed by atoms with van der Waals surface area (Å²) in [5, 5.41) is 2.77. The molecule has 6 heteroatoms. The van der Waals surface area contributed by atoms with Crippen LogP contribution in [0.25, 0.3) is 0 Å². The van der Waals surface area contributed by atoms with Crippen molar-refractivity contribution in [3.63, 3.8) is 0 Å². The highest BCUT2D eigenvalue weighted by Crippen LogP contribution is 2.15. The molecular formula is C18H22N2O3S. The average molecular weight is 346 g/mol.